The summed E-state index contributed by atoms with van der Waals surface area (Å²) < 4.78 is 43.4. The Labute approximate surface area is 215 Å². The number of nitrogens with zero attached hydrogens (tertiary/aromatic N) is 4. The molecule has 190 valence electrons. The normalized spacial score (nSPS) is 20.1. The topological polar surface area (TPSA) is 103 Å². The van der Waals surface area contributed by atoms with Crippen molar-refractivity contribution in [3.05, 3.63) is 76.6 Å². The zero-order chi connectivity index (χ0) is 25.3. The average Bonchev–Trinajstić information content (AvgIpc) is 3.48. The van der Waals surface area contributed by atoms with Crippen molar-refractivity contribution in [1.82, 2.24) is 24.4 Å². The van der Waals surface area contributed by atoms with Crippen LogP contribution >= 0.6 is 11.6 Å². The van der Waals surface area contributed by atoms with Gasteiger partial charge in [0.05, 0.1) is 5.02 Å². The number of carbonyl (C=O) groups is 1. The van der Waals surface area contributed by atoms with Crippen molar-refractivity contribution in [3.8, 4) is 0 Å². The van der Waals surface area contributed by atoms with E-state index in [1.807, 2.05) is 4.57 Å². The highest BCUT2D eigenvalue weighted by Crippen LogP contribution is 2.37. The summed E-state index contributed by atoms with van der Waals surface area (Å²) in [5, 5.41) is 11.8. The standard InChI is InChI=1S/C25H27ClFN5O3S/c26-19-6-2-4-8-22(19)36(34,35)31-15-12-18(13-16-31)24-30-29-23-10-9-21(32(23)24)25(33)28-14-11-17-5-1-3-7-20(17)27/h1-8,18,21H,9-16H2,(H-,28,33,34,35). The molecule has 3 aromatic rings. The molecular formula is C25H27ClFN5O3S. The predicted molar refractivity (Wildman–Crippen MR) is 133 cm³/mol. The first-order chi connectivity index (χ1) is 17.4. The molecule has 1 fully saturated rings. The van der Waals surface area contributed by atoms with Gasteiger partial charge in [-0.25, -0.2) is 4.39 Å². The largest absolute Gasteiger partial charge is 0.593 e. The van der Waals surface area contributed by atoms with Gasteiger partial charge in [0.15, 0.2) is 15.3 Å². The van der Waals surface area contributed by atoms with E-state index in [-0.39, 0.29) is 27.6 Å². The number of fused-ring (bicyclic) bond motifs is 1. The van der Waals surface area contributed by atoms with Crippen molar-refractivity contribution in [2.45, 2.75) is 49.0 Å². The van der Waals surface area contributed by atoms with Crippen molar-refractivity contribution >= 4 is 27.9 Å². The van der Waals surface area contributed by atoms with Gasteiger partial charge in [-0.2, -0.15) is 0 Å². The molecule has 0 aliphatic carbocycles. The monoisotopic (exact) mass is 531 g/mol. The molecule has 0 bridgehead atoms. The van der Waals surface area contributed by atoms with Crippen LogP contribution in [-0.2, 0) is 32.2 Å². The van der Waals surface area contributed by atoms with Gasteiger partial charge in [-0.15, -0.1) is 14.5 Å². The molecule has 2 aromatic carbocycles. The number of hydrogen-bond acceptors (Lipinski definition) is 5. The number of sulfonamides is 1. The van der Waals surface area contributed by atoms with Crippen LogP contribution in [-0.4, -0.2) is 49.2 Å². The first-order valence-electron chi connectivity index (χ1n) is 12.1. The first-order valence-corrected chi connectivity index (χ1v) is 13.9. The van der Waals surface area contributed by atoms with E-state index in [0.717, 1.165) is 11.6 Å². The molecule has 5 rings (SSSR count). The maximum atomic E-state index is 13.9. The molecule has 11 heteroatoms. The number of piperidine rings is 1. The lowest BCUT2D eigenvalue weighted by Gasteiger charge is -2.33. The minimum atomic E-state index is -3.69. The molecule has 0 spiro atoms. The van der Waals surface area contributed by atoms with Crippen molar-refractivity contribution in [2.24, 2.45) is 0 Å². The average molecular weight is 532 g/mol. The summed E-state index contributed by atoms with van der Waals surface area (Å²) in [6.45, 7) is 1.00. The van der Waals surface area contributed by atoms with E-state index in [1.165, 1.54) is 16.4 Å². The van der Waals surface area contributed by atoms with E-state index >= 15 is 0 Å². The van der Waals surface area contributed by atoms with Crippen LogP contribution in [0.25, 0.3) is 0 Å². The fraction of sp³-hybridized carbons (Fsp3) is 0.400. The molecule has 2 aliphatic heterocycles. The number of aromatic nitrogens is 3. The van der Waals surface area contributed by atoms with Gasteiger partial charge < -0.3 is 14.4 Å². The summed E-state index contributed by atoms with van der Waals surface area (Å²) in [7, 11) is -3.69. The Hall–Kier alpha value is -2.66. The van der Waals surface area contributed by atoms with E-state index in [4.69, 9.17) is 11.6 Å². The van der Waals surface area contributed by atoms with Crippen LogP contribution < -0.4 is 5.32 Å². The summed E-state index contributed by atoms with van der Waals surface area (Å²) in [4.78, 5) is 13.1. The minimum Gasteiger partial charge on any atom is -0.593 e. The molecule has 1 aromatic heterocycles. The molecule has 3 heterocycles. The maximum Gasteiger partial charge on any atom is 0.243 e. The van der Waals surface area contributed by atoms with Gasteiger partial charge in [0.2, 0.25) is 5.91 Å². The SMILES string of the molecule is O=C(NCCc1ccccc1F)C1CCc2nnc(C3CCN([S+](=O)([O-])c4ccccc4Cl)CC3)n21. The molecule has 1 saturated heterocycles. The Morgan fingerprint density at radius 3 is 2.58 bits per heavy atom. The third-order valence-corrected chi connectivity index (χ3v) is 9.37. The van der Waals surface area contributed by atoms with Crippen molar-refractivity contribution in [1.29, 1.82) is 0 Å². The number of amides is 1. The number of rotatable bonds is 7. The van der Waals surface area contributed by atoms with Gasteiger partial charge >= 0.3 is 0 Å². The van der Waals surface area contributed by atoms with Gasteiger partial charge in [-0.1, -0.05) is 46.1 Å². The molecule has 36 heavy (non-hydrogen) atoms. The summed E-state index contributed by atoms with van der Waals surface area (Å²) in [6, 6.07) is 12.6. The van der Waals surface area contributed by atoms with Crippen LogP contribution in [0.2, 0.25) is 5.02 Å². The third-order valence-electron chi connectivity index (χ3n) is 6.97. The fourth-order valence-corrected chi connectivity index (χ4v) is 7.02. The lowest BCUT2D eigenvalue weighted by molar-refractivity contribution is -0.124. The summed E-state index contributed by atoms with van der Waals surface area (Å²) in [5.74, 6) is 1.08. The Kier molecular flexibility index (Phi) is 7.21. The summed E-state index contributed by atoms with van der Waals surface area (Å²) >= 11 is 6.14. The van der Waals surface area contributed by atoms with Crippen molar-refractivity contribution < 1.29 is 17.9 Å². The third kappa shape index (κ3) is 4.82. The maximum absolute atomic E-state index is 13.9. The second-order valence-corrected chi connectivity index (χ2v) is 11.5. The van der Waals surface area contributed by atoms with Gasteiger partial charge in [0, 0.05) is 32.0 Å². The molecule has 1 N–H and O–H groups in total. The quantitative estimate of drug-likeness (QED) is 0.468. The van der Waals surface area contributed by atoms with Crippen LogP contribution in [0.5, 0.6) is 0 Å². The van der Waals surface area contributed by atoms with Crippen LogP contribution in [0.15, 0.2) is 53.4 Å². The van der Waals surface area contributed by atoms with Crippen LogP contribution in [0.3, 0.4) is 0 Å². The van der Waals surface area contributed by atoms with E-state index < -0.39 is 16.4 Å². The molecule has 2 aliphatic rings. The molecule has 0 saturated carbocycles. The minimum absolute atomic E-state index is 0.00393. The summed E-state index contributed by atoms with van der Waals surface area (Å²) in [6.07, 6.45) is 2.83. The zero-order valence-corrected chi connectivity index (χ0v) is 21.2. The van der Waals surface area contributed by atoms with Gasteiger partial charge in [0.1, 0.15) is 23.5 Å². The number of halogens is 2. The molecular weight excluding hydrogens is 505 g/mol. The second-order valence-electron chi connectivity index (χ2n) is 9.14. The van der Waals surface area contributed by atoms with Gasteiger partial charge in [-0.3, -0.25) is 4.79 Å². The molecule has 1 amide bonds. The zero-order valence-electron chi connectivity index (χ0n) is 19.6. The number of hydrogen-bond donors (Lipinski definition) is 1. The second kappa shape index (κ2) is 10.4. The van der Waals surface area contributed by atoms with Gasteiger partial charge in [-0.05, 0) is 49.4 Å². The molecule has 2 atom stereocenters. The first kappa shape index (κ1) is 25.0. The highest BCUT2D eigenvalue weighted by molar-refractivity contribution is 7.95. The smallest absolute Gasteiger partial charge is 0.243 e. The highest BCUT2D eigenvalue weighted by atomic mass is 35.5. The van der Waals surface area contributed by atoms with Crippen molar-refractivity contribution in [3.63, 3.8) is 0 Å². The van der Waals surface area contributed by atoms with Crippen molar-refractivity contribution in [2.75, 3.05) is 19.6 Å². The van der Waals surface area contributed by atoms with Gasteiger partial charge in [0.25, 0.3) is 0 Å². The molecule has 0 radical (unpaired) electrons. The number of benzene rings is 2. The molecule has 8 nitrogen and oxygen atoms in total. The number of carbonyl (C=O) groups excluding carboxylic acids is 1. The summed E-state index contributed by atoms with van der Waals surface area (Å²) in [5.41, 5.74) is 0.563. The van der Waals surface area contributed by atoms with Crippen LogP contribution in [0.4, 0.5) is 4.39 Å². The van der Waals surface area contributed by atoms with Crippen LogP contribution in [0.1, 0.15) is 48.4 Å². The Balaban J connectivity index is 1.23. The lowest BCUT2D eigenvalue weighted by Crippen LogP contribution is -2.42. The van der Waals surface area contributed by atoms with E-state index in [2.05, 4.69) is 15.5 Å². The Morgan fingerprint density at radius 2 is 1.83 bits per heavy atom. The number of nitrogens with one attached hydrogen (secondary N) is 1. The Bertz CT molecular complexity index is 1310. The van der Waals surface area contributed by atoms with E-state index in [1.54, 1.807) is 36.4 Å². The number of aryl methyl sites for hydroxylation is 1. The fourth-order valence-electron chi connectivity index (χ4n) is 5.06. The van der Waals surface area contributed by atoms with E-state index in [0.29, 0.717) is 57.3 Å². The Morgan fingerprint density at radius 1 is 1.11 bits per heavy atom. The van der Waals surface area contributed by atoms with Crippen LogP contribution in [0, 0.1) is 5.82 Å². The van der Waals surface area contributed by atoms with E-state index in [9.17, 15) is 17.9 Å². The molecule has 2 unspecified atom stereocenters. The predicted octanol–water partition coefficient (Wildman–Crippen LogP) is 3.70. The lowest BCUT2D eigenvalue weighted by atomic mass is 9.97. The highest BCUT2D eigenvalue weighted by Gasteiger charge is 2.39.